The highest BCUT2D eigenvalue weighted by Gasteiger charge is 2.57. The van der Waals surface area contributed by atoms with Gasteiger partial charge in [-0.05, 0) is 138 Å². The van der Waals surface area contributed by atoms with Crippen molar-refractivity contribution in [3.8, 4) is 44.9 Å². The summed E-state index contributed by atoms with van der Waals surface area (Å²) >= 11 is 0. The van der Waals surface area contributed by atoms with E-state index in [1.54, 1.807) is 15.6 Å². The molecule has 0 atom stereocenters. The van der Waals surface area contributed by atoms with E-state index in [0.717, 1.165) is 0 Å². The fourth-order valence-corrected chi connectivity index (χ4v) is 20.0. The highest BCUT2D eigenvalue weighted by Crippen LogP contribution is 2.49. The van der Waals surface area contributed by atoms with Crippen LogP contribution in [0.5, 0.6) is 0 Å². The molecule has 4 aliphatic rings. The van der Waals surface area contributed by atoms with E-state index in [2.05, 4.69) is 256 Å². The van der Waals surface area contributed by atoms with Gasteiger partial charge in [-0.1, -0.05) is 223 Å². The second kappa shape index (κ2) is 14.2. The number of hydrogen-bond donors (Lipinski definition) is 0. The van der Waals surface area contributed by atoms with Gasteiger partial charge in [0.15, 0.2) is 8.07 Å². The van der Waals surface area contributed by atoms with Gasteiger partial charge in [-0.3, -0.25) is 0 Å². The molecule has 9 aromatic carbocycles. The molecular weight excluding hydrogens is 908 g/mol. The van der Waals surface area contributed by atoms with Crippen LogP contribution >= 0.6 is 0 Å². The van der Waals surface area contributed by atoms with Crippen molar-refractivity contribution in [2.75, 3.05) is 0 Å². The fraction of sp³-hybridized carbons (Fsp3) is 0.229. The minimum Gasteiger partial charge on any atom is -0.310 e. The van der Waals surface area contributed by atoms with Crippen molar-refractivity contribution in [1.82, 2.24) is 9.13 Å². The quantitative estimate of drug-likeness (QED) is 0.153. The molecule has 1 spiro atoms. The molecule has 360 valence electrons. The Hall–Kier alpha value is -7.14. The second-order valence-corrected chi connectivity index (χ2v) is 30.2. The zero-order valence-electron chi connectivity index (χ0n) is 45.1. The summed E-state index contributed by atoms with van der Waals surface area (Å²) in [6.07, 6.45) is 0. The molecule has 0 fully saturated rings. The topological polar surface area (TPSA) is 9.86 Å². The smallest absolute Gasteiger partial charge is 0.253 e. The van der Waals surface area contributed by atoms with Crippen LogP contribution in [0.15, 0.2) is 164 Å². The fourth-order valence-electron chi connectivity index (χ4n) is 14.4. The van der Waals surface area contributed by atoms with Crippen molar-refractivity contribution in [2.45, 2.75) is 105 Å². The van der Waals surface area contributed by atoms with E-state index in [-0.39, 0.29) is 28.4 Å². The summed E-state index contributed by atoms with van der Waals surface area (Å²) in [5, 5.41) is 12.9. The Morgan fingerprint density at radius 2 is 0.919 bits per heavy atom. The lowest BCUT2D eigenvalue weighted by Gasteiger charge is -2.44. The molecule has 0 amide bonds. The second-order valence-electron chi connectivity index (χ2n) is 26.5. The van der Waals surface area contributed by atoms with Gasteiger partial charge in [-0.2, -0.15) is 0 Å². The molecule has 2 aromatic heterocycles. The van der Waals surface area contributed by atoms with Gasteiger partial charge in [0.2, 0.25) is 0 Å². The molecule has 0 radical (unpaired) electrons. The highest BCUT2D eigenvalue weighted by molar-refractivity contribution is 7.24. The van der Waals surface area contributed by atoms with Crippen molar-refractivity contribution in [3.05, 3.63) is 186 Å². The van der Waals surface area contributed by atoms with Crippen LogP contribution < -0.4 is 37.1 Å². The maximum Gasteiger partial charge on any atom is 0.253 e. The van der Waals surface area contributed by atoms with Gasteiger partial charge in [0.1, 0.15) is 0 Å². The van der Waals surface area contributed by atoms with E-state index >= 15 is 0 Å². The summed E-state index contributed by atoms with van der Waals surface area (Å²) in [6.45, 7) is 28.9. The average Bonchev–Trinajstić information content (AvgIpc) is 4.07. The Balaban J connectivity index is 1.24. The summed E-state index contributed by atoms with van der Waals surface area (Å²) in [5.74, 6) is 0. The van der Waals surface area contributed by atoms with Gasteiger partial charge < -0.3 is 9.13 Å². The number of fused-ring (bicyclic) bond motifs is 13. The van der Waals surface area contributed by atoms with Crippen molar-refractivity contribution in [1.29, 1.82) is 0 Å². The van der Waals surface area contributed by atoms with Crippen LogP contribution in [0.3, 0.4) is 0 Å². The molecule has 6 heterocycles. The van der Waals surface area contributed by atoms with Crippen LogP contribution in [0.25, 0.3) is 88.4 Å². The van der Waals surface area contributed by atoms with E-state index in [0.29, 0.717) is 0 Å². The normalized spacial score (nSPS) is 14.8. The molecule has 0 aliphatic carbocycles. The van der Waals surface area contributed by atoms with Crippen LogP contribution in [0.4, 0.5) is 0 Å². The number of benzene rings is 9. The SMILES string of the molecule is CC(C)(C)c1ccc2c(c1)[Si]1(c3cc(C(C)(C)C)ccc3-2)c2ccc3c4c2-n2c5c(cc(C(C)(C)C)cc5c5cc(C(C)(C)C)cc1c52)B4c1c2ccccc2cc2c(-c4ccccc4)c(-c4ccccc4)n-3c12. The predicted octanol–water partition coefficient (Wildman–Crippen LogP) is 13.2. The van der Waals surface area contributed by atoms with E-state index in [4.69, 9.17) is 0 Å². The van der Waals surface area contributed by atoms with Gasteiger partial charge >= 0.3 is 0 Å². The number of nitrogens with zero attached hydrogens (tertiary/aromatic N) is 2. The molecule has 0 saturated heterocycles. The average molecular weight is 971 g/mol. The number of aromatic nitrogens is 2. The lowest BCUT2D eigenvalue weighted by molar-refractivity contribution is 0.590. The Labute approximate surface area is 437 Å². The summed E-state index contributed by atoms with van der Waals surface area (Å²) in [5.41, 5.74) is 24.4. The maximum absolute atomic E-state index is 3.18. The monoisotopic (exact) mass is 970 g/mol. The molecule has 0 saturated carbocycles. The van der Waals surface area contributed by atoms with E-state index < -0.39 is 8.07 Å². The van der Waals surface area contributed by atoms with Gasteiger partial charge in [0.05, 0.1) is 16.7 Å². The third kappa shape index (κ3) is 5.52. The molecule has 2 nitrogen and oxygen atoms in total. The third-order valence-electron chi connectivity index (χ3n) is 18.1. The minimum absolute atomic E-state index is 0.0262. The van der Waals surface area contributed by atoms with Crippen LogP contribution in [-0.2, 0) is 21.7 Å². The van der Waals surface area contributed by atoms with Gasteiger partial charge in [0.25, 0.3) is 6.71 Å². The molecular formula is C70H63BN2Si. The lowest BCUT2D eigenvalue weighted by Crippen LogP contribution is -2.77. The molecule has 0 unspecified atom stereocenters. The Kier molecular flexibility index (Phi) is 8.49. The lowest BCUT2D eigenvalue weighted by atomic mass is 9.33. The van der Waals surface area contributed by atoms with Crippen LogP contribution in [0.2, 0.25) is 0 Å². The molecule has 15 rings (SSSR count). The van der Waals surface area contributed by atoms with Crippen molar-refractivity contribution >= 4 is 95.4 Å². The molecule has 74 heavy (non-hydrogen) atoms. The molecule has 0 bridgehead atoms. The number of hydrogen-bond acceptors (Lipinski definition) is 0. The Bertz CT molecular complexity index is 4260. The van der Waals surface area contributed by atoms with Gasteiger partial charge in [0, 0.05) is 38.6 Å². The minimum atomic E-state index is -3.18. The third-order valence-corrected chi connectivity index (χ3v) is 22.9. The van der Waals surface area contributed by atoms with Gasteiger partial charge in [-0.15, -0.1) is 0 Å². The van der Waals surface area contributed by atoms with Crippen molar-refractivity contribution in [2.24, 2.45) is 0 Å². The van der Waals surface area contributed by atoms with Crippen LogP contribution in [-0.4, -0.2) is 23.9 Å². The summed E-state index contributed by atoms with van der Waals surface area (Å²) in [7, 11) is -3.18. The van der Waals surface area contributed by atoms with Crippen LogP contribution in [0.1, 0.15) is 105 Å². The zero-order chi connectivity index (χ0) is 50.9. The Morgan fingerprint density at radius 1 is 0.378 bits per heavy atom. The standard InChI is InChI=1S/C70H63BN2Si/c1-67(2,3)43-27-29-48-49-30-28-44(68(4,5)6)38-57(49)74(56(48)37-43)55-32-31-54-61-66(55)73-63-50(51-35-46(70(10,11)12)39-58(74)64(51)73)34-45(69(7,8)9)36-53(63)71(61)60-47-26-20-19-25-42(47)33-52-59(40-21-15-13-16-22-40)62(72(54)65(52)60)41-23-17-14-18-24-41/h13-39H,1-12H3. The first-order chi connectivity index (χ1) is 35.3. The molecule has 4 aliphatic heterocycles. The van der Waals surface area contributed by atoms with E-state index in [1.807, 2.05) is 0 Å². The first-order valence-electron chi connectivity index (χ1n) is 27.1. The Morgan fingerprint density at radius 3 is 1.53 bits per heavy atom. The largest absolute Gasteiger partial charge is 0.310 e. The summed E-state index contributed by atoms with van der Waals surface area (Å²) in [4.78, 5) is 0. The van der Waals surface area contributed by atoms with E-state index in [1.165, 1.54) is 132 Å². The first kappa shape index (κ1) is 44.4. The van der Waals surface area contributed by atoms with Gasteiger partial charge in [-0.25, -0.2) is 0 Å². The maximum atomic E-state index is 2.84. The van der Waals surface area contributed by atoms with Crippen LogP contribution in [0, 0.1) is 0 Å². The molecule has 0 N–H and O–H groups in total. The first-order valence-corrected chi connectivity index (χ1v) is 29.1. The summed E-state index contributed by atoms with van der Waals surface area (Å²) in [6, 6.07) is 65.5. The zero-order valence-corrected chi connectivity index (χ0v) is 46.1. The highest BCUT2D eigenvalue weighted by atomic mass is 28.3. The van der Waals surface area contributed by atoms with Crippen molar-refractivity contribution in [3.63, 3.8) is 0 Å². The number of rotatable bonds is 2. The van der Waals surface area contributed by atoms with Crippen molar-refractivity contribution < 1.29 is 0 Å². The molecule has 4 heteroatoms. The molecule has 11 aromatic rings. The predicted molar refractivity (Wildman–Crippen MR) is 322 cm³/mol. The summed E-state index contributed by atoms with van der Waals surface area (Å²) < 4.78 is 5.57. The van der Waals surface area contributed by atoms with E-state index in [9.17, 15) is 0 Å².